The van der Waals surface area contributed by atoms with Crippen LogP contribution in [0.25, 0.3) is 10.8 Å². The fraction of sp³-hybridized carbons (Fsp3) is 0.235. The quantitative estimate of drug-likeness (QED) is 0.775. The molecule has 0 atom stereocenters. The van der Waals surface area contributed by atoms with Gasteiger partial charge in [-0.15, -0.1) is 11.3 Å². The Morgan fingerprint density at radius 3 is 2.76 bits per heavy atom. The number of ether oxygens (including phenoxy) is 1. The lowest BCUT2D eigenvalue weighted by molar-refractivity contribution is 0.408. The monoisotopic (exact) mass is 298 g/mol. The van der Waals surface area contributed by atoms with Crippen LogP contribution in [0.2, 0.25) is 0 Å². The van der Waals surface area contributed by atoms with E-state index in [-0.39, 0.29) is 0 Å². The molecule has 1 N–H and O–H groups in total. The largest absolute Gasteiger partial charge is 0.496 e. The van der Waals surface area contributed by atoms with Crippen LogP contribution in [0.15, 0.2) is 41.8 Å². The number of fused-ring (bicyclic) bond motifs is 1. The van der Waals surface area contributed by atoms with Crippen molar-refractivity contribution in [2.75, 3.05) is 7.11 Å². The van der Waals surface area contributed by atoms with E-state index in [0.717, 1.165) is 29.5 Å². The molecule has 3 nitrogen and oxygen atoms in total. The minimum Gasteiger partial charge on any atom is -0.496 e. The van der Waals surface area contributed by atoms with Gasteiger partial charge in [-0.2, -0.15) is 0 Å². The molecule has 0 amide bonds. The lowest BCUT2D eigenvalue weighted by Gasteiger charge is -2.12. The Bertz CT molecular complexity index is 751. The Labute approximate surface area is 128 Å². The van der Waals surface area contributed by atoms with E-state index in [1.165, 1.54) is 16.3 Å². The summed E-state index contributed by atoms with van der Waals surface area (Å²) in [6.07, 6.45) is 0. The fourth-order valence-corrected chi connectivity index (χ4v) is 3.11. The summed E-state index contributed by atoms with van der Waals surface area (Å²) in [6.45, 7) is 3.57. The maximum absolute atomic E-state index is 5.51. The minimum atomic E-state index is 0.765. The first-order chi connectivity index (χ1) is 10.3. The number of nitrogens with zero attached hydrogens (tertiary/aromatic N) is 1. The molecule has 0 saturated heterocycles. The van der Waals surface area contributed by atoms with E-state index < -0.39 is 0 Å². The highest BCUT2D eigenvalue weighted by Gasteiger charge is 2.08. The predicted molar refractivity (Wildman–Crippen MR) is 87.9 cm³/mol. The molecule has 2 aromatic carbocycles. The number of hydrogen-bond acceptors (Lipinski definition) is 4. The zero-order valence-electron chi connectivity index (χ0n) is 12.2. The van der Waals surface area contributed by atoms with Crippen LogP contribution in [0.1, 0.15) is 16.3 Å². The van der Waals surface area contributed by atoms with Crippen molar-refractivity contribution in [2.45, 2.75) is 20.0 Å². The first-order valence-corrected chi connectivity index (χ1v) is 7.82. The van der Waals surface area contributed by atoms with Crippen LogP contribution < -0.4 is 10.1 Å². The van der Waals surface area contributed by atoms with Crippen molar-refractivity contribution >= 4 is 22.1 Å². The molecule has 21 heavy (non-hydrogen) atoms. The third-order valence-electron chi connectivity index (χ3n) is 3.49. The highest BCUT2D eigenvalue weighted by molar-refractivity contribution is 7.09. The Balaban J connectivity index is 1.81. The van der Waals surface area contributed by atoms with Crippen molar-refractivity contribution in [1.29, 1.82) is 0 Å². The van der Waals surface area contributed by atoms with Gasteiger partial charge in [0.05, 0.1) is 17.8 Å². The van der Waals surface area contributed by atoms with Gasteiger partial charge in [-0.1, -0.05) is 30.3 Å². The minimum absolute atomic E-state index is 0.765. The SMILES string of the molecule is COc1ccc2ccccc2c1CNCc1csc(C)n1. The van der Waals surface area contributed by atoms with E-state index in [4.69, 9.17) is 4.74 Å². The Kier molecular flexibility index (Phi) is 4.18. The maximum atomic E-state index is 5.51. The van der Waals surface area contributed by atoms with E-state index in [1.807, 2.05) is 13.0 Å². The normalized spacial score (nSPS) is 11.0. The molecule has 0 bridgehead atoms. The molecule has 0 aliphatic heterocycles. The molecule has 3 rings (SSSR count). The van der Waals surface area contributed by atoms with Gasteiger partial charge in [0, 0.05) is 24.0 Å². The summed E-state index contributed by atoms with van der Waals surface area (Å²) in [4.78, 5) is 4.47. The van der Waals surface area contributed by atoms with Crippen molar-refractivity contribution in [3.63, 3.8) is 0 Å². The highest BCUT2D eigenvalue weighted by Crippen LogP contribution is 2.27. The summed E-state index contributed by atoms with van der Waals surface area (Å²) in [7, 11) is 1.72. The lowest BCUT2D eigenvalue weighted by atomic mass is 10.0. The van der Waals surface area contributed by atoms with Crippen molar-refractivity contribution in [2.24, 2.45) is 0 Å². The molecular weight excluding hydrogens is 280 g/mol. The van der Waals surface area contributed by atoms with Crippen LogP contribution in [0.5, 0.6) is 5.75 Å². The van der Waals surface area contributed by atoms with Crippen LogP contribution >= 0.6 is 11.3 Å². The zero-order valence-corrected chi connectivity index (χ0v) is 13.0. The van der Waals surface area contributed by atoms with Crippen LogP contribution in [0.4, 0.5) is 0 Å². The average molecular weight is 298 g/mol. The van der Waals surface area contributed by atoms with Gasteiger partial charge in [0.1, 0.15) is 5.75 Å². The summed E-state index contributed by atoms with van der Waals surface area (Å²) >= 11 is 1.69. The van der Waals surface area contributed by atoms with Gasteiger partial charge in [0.15, 0.2) is 0 Å². The molecule has 3 aromatic rings. The van der Waals surface area contributed by atoms with Crippen molar-refractivity contribution in [1.82, 2.24) is 10.3 Å². The summed E-state index contributed by atoms with van der Waals surface area (Å²) in [5, 5.41) is 9.14. The summed E-state index contributed by atoms with van der Waals surface area (Å²) in [6, 6.07) is 12.5. The van der Waals surface area contributed by atoms with Crippen molar-refractivity contribution in [3.05, 3.63) is 58.0 Å². The third kappa shape index (κ3) is 3.06. The van der Waals surface area contributed by atoms with Gasteiger partial charge in [-0.3, -0.25) is 0 Å². The number of rotatable bonds is 5. The molecule has 108 valence electrons. The van der Waals surface area contributed by atoms with Crippen LogP contribution in [-0.2, 0) is 13.1 Å². The second-order valence-corrected chi connectivity index (χ2v) is 5.99. The first-order valence-electron chi connectivity index (χ1n) is 6.94. The van der Waals surface area contributed by atoms with E-state index in [1.54, 1.807) is 18.4 Å². The van der Waals surface area contributed by atoms with Gasteiger partial charge in [0.2, 0.25) is 0 Å². The first kappa shape index (κ1) is 14.0. The predicted octanol–water partition coefficient (Wildman–Crippen LogP) is 3.90. The summed E-state index contributed by atoms with van der Waals surface area (Å²) < 4.78 is 5.51. The molecule has 0 aliphatic carbocycles. The Morgan fingerprint density at radius 2 is 2.00 bits per heavy atom. The molecule has 0 fully saturated rings. The third-order valence-corrected chi connectivity index (χ3v) is 4.31. The van der Waals surface area contributed by atoms with Crippen LogP contribution in [-0.4, -0.2) is 12.1 Å². The number of nitrogens with one attached hydrogen (secondary N) is 1. The summed E-state index contributed by atoms with van der Waals surface area (Å²) in [5.74, 6) is 0.927. The number of methoxy groups -OCH3 is 1. The van der Waals surface area contributed by atoms with E-state index >= 15 is 0 Å². The van der Waals surface area contributed by atoms with Crippen molar-refractivity contribution in [3.8, 4) is 5.75 Å². The number of aromatic nitrogens is 1. The topological polar surface area (TPSA) is 34.1 Å². The molecule has 0 radical (unpaired) electrons. The number of benzene rings is 2. The summed E-state index contributed by atoms with van der Waals surface area (Å²) in [5.41, 5.74) is 2.29. The second-order valence-electron chi connectivity index (χ2n) is 4.93. The average Bonchev–Trinajstić information content (AvgIpc) is 2.93. The second kappa shape index (κ2) is 6.24. The van der Waals surface area contributed by atoms with E-state index in [9.17, 15) is 0 Å². The molecular formula is C17H18N2OS. The zero-order chi connectivity index (χ0) is 14.7. The fourth-order valence-electron chi connectivity index (χ4n) is 2.49. The smallest absolute Gasteiger partial charge is 0.123 e. The van der Waals surface area contributed by atoms with Gasteiger partial charge in [-0.25, -0.2) is 4.98 Å². The van der Waals surface area contributed by atoms with Crippen molar-refractivity contribution < 1.29 is 4.74 Å². The molecule has 1 aromatic heterocycles. The Hall–Kier alpha value is -1.91. The molecule has 0 unspecified atom stereocenters. The maximum Gasteiger partial charge on any atom is 0.123 e. The van der Waals surface area contributed by atoms with E-state index in [2.05, 4.69) is 46.0 Å². The number of thiazole rings is 1. The lowest BCUT2D eigenvalue weighted by Crippen LogP contribution is -2.14. The van der Waals surface area contributed by atoms with E-state index in [0.29, 0.717) is 0 Å². The Morgan fingerprint density at radius 1 is 1.14 bits per heavy atom. The van der Waals surface area contributed by atoms with Gasteiger partial charge < -0.3 is 10.1 Å². The molecule has 0 saturated carbocycles. The molecule has 4 heteroatoms. The molecule has 0 aliphatic rings. The molecule has 1 heterocycles. The highest BCUT2D eigenvalue weighted by atomic mass is 32.1. The number of aryl methyl sites for hydroxylation is 1. The molecule has 0 spiro atoms. The van der Waals surface area contributed by atoms with Gasteiger partial charge in [0.25, 0.3) is 0 Å². The van der Waals surface area contributed by atoms with Crippen LogP contribution in [0, 0.1) is 6.92 Å². The number of hydrogen-bond donors (Lipinski definition) is 1. The van der Waals surface area contributed by atoms with Gasteiger partial charge in [-0.05, 0) is 23.8 Å². The van der Waals surface area contributed by atoms with Gasteiger partial charge >= 0.3 is 0 Å². The standard InChI is InChI=1S/C17H18N2OS/c1-12-19-14(11-21-12)9-18-10-16-15-6-4-3-5-13(15)7-8-17(16)20-2/h3-8,11,18H,9-10H2,1-2H3. The van der Waals surface area contributed by atoms with Crippen LogP contribution in [0.3, 0.4) is 0 Å².